The molecule has 6 heteroatoms. The molecule has 0 atom stereocenters. The average Bonchev–Trinajstić information content (AvgIpc) is 2.33. The molecule has 2 aromatic rings. The molecule has 0 saturated heterocycles. The van der Waals surface area contributed by atoms with Crippen LogP contribution in [-0.2, 0) is 0 Å². The molecular weight excluding hydrogens is 290 g/mol. The minimum Gasteiger partial charge on any atom is -0.397 e. The summed E-state index contributed by atoms with van der Waals surface area (Å²) in [5, 5.41) is 3.04. The van der Waals surface area contributed by atoms with Gasteiger partial charge in [-0.3, -0.25) is 4.79 Å². The SMILES string of the molecule is Nc1ccc(Cl)cc1NC(=O)c1ccc(F)cc1Cl. The molecule has 0 aliphatic rings. The predicted molar refractivity (Wildman–Crippen MR) is 75.2 cm³/mol. The van der Waals surface area contributed by atoms with E-state index >= 15 is 0 Å². The summed E-state index contributed by atoms with van der Waals surface area (Å²) in [7, 11) is 0. The molecule has 0 unspecified atom stereocenters. The molecule has 0 aliphatic heterocycles. The van der Waals surface area contributed by atoms with Crippen molar-refractivity contribution in [1.82, 2.24) is 0 Å². The van der Waals surface area contributed by atoms with Crippen molar-refractivity contribution in [2.24, 2.45) is 0 Å². The van der Waals surface area contributed by atoms with Gasteiger partial charge in [-0.2, -0.15) is 0 Å². The van der Waals surface area contributed by atoms with Gasteiger partial charge in [-0.05, 0) is 36.4 Å². The van der Waals surface area contributed by atoms with Crippen molar-refractivity contribution < 1.29 is 9.18 Å². The summed E-state index contributed by atoms with van der Waals surface area (Å²) in [5.41, 5.74) is 6.61. The number of hydrogen-bond acceptors (Lipinski definition) is 2. The molecule has 1 amide bonds. The number of nitrogens with one attached hydrogen (secondary N) is 1. The second-order valence-corrected chi connectivity index (χ2v) is 4.65. The van der Waals surface area contributed by atoms with E-state index in [0.717, 1.165) is 12.1 Å². The maximum absolute atomic E-state index is 12.9. The molecule has 0 aliphatic carbocycles. The van der Waals surface area contributed by atoms with Gasteiger partial charge in [-0.1, -0.05) is 23.2 Å². The largest absolute Gasteiger partial charge is 0.397 e. The molecule has 2 rings (SSSR count). The monoisotopic (exact) mass is 298 g/mol. The number of carbonyl (C=O) groups excluding carboxylic acids is 1. The first-order valence-electron chi connectivity index (χ1n) is 5.29. The van der Waals surface area contributed by atoms with Crippen LogP contribution in [0.4, 0.5) is 15.8 Å². The fourth-order valence-corrected chi connectivity index (χ4v) is 1.93. The highest BCUT2D eigenvalue weighted by Crippen LogP contribution is 2.25. The van der Waals surface area contributed by atoms with Crippen LogP contribution in [-0.4, -0.2) is 5.91 Å². The minimum atomic E-state index is -0.510. The lowest BCUT2D eigenvalue weighted by molar-refractivity contribution is 0.102. The summed E-state index contributed by atoms with van der Waals surface area (Å²) < 4.78 is 12.9. The lowest BCUT2D eigenvalue weighted by Gasteiger charge is -2.09. The van der Waals surface area contributed by atoms with E-state index in [0.29, 0.717) is 16.4 Å². The number of halogens is 3. The molecule has 0 aromatic heterocycles. The van der Waals surface area contributed by atoms with Crippen molar-refractivity contribution in [3.8, 4) is 0 Å². The Kier molecular flexibility index (Phi) is 3.93. The number of amides is 1. The summed E-state index contributed by atoms with van der Waals surface area (Å²) in [4.78, 5) is 12.0. The Morgan fingerprint density at radius 3 is 2.58 bits per heavy atom. The van der Waals surface area contributed by atoms with Gasteiger partial charge in [0.2, 0.25) is 0 Å². The highest BCUT2D eigenvalue weighted by Gasteiger charge is 2.12. The Labute approximate surface area is 119 Å². The van der Waals surface area contributed by atoms with Gasteiger partial charge in [0.05, 0.1) is 22.0 Å². The molecule has 19 heavy (non-hydrogen) atoms. The quantitative estimate of drug-likeness (QED) is 0.824. The Bertz CT molecular complexity index is 647. The Hall–Kier alpha value is -1.78. The van der Waals surface area contributed by atoms with Gasteiger partial charge in [0.1, 0.15) is 5.82 Å². The number of carbonyl (C=O) groups is 1. The molecule has 0 spiro atoms. The molecule has 2 aromatic carbocycles. The number of nitrogen functional groups attached to an aromatic ring is 1. The van der Waals surface area contributed by atoms with Crippen molar-refractivity contribution in [2.45, 2.75) is 0 Å². The summed E-state index contributed by atoms with van der Waals surface area (Å²) >= 11 is 11.6. The number of anilines is 2. The van der Waals surface area contributed by atoms with Gasteiger partial charge in [0.25, 0.3) is 5.91 Å². The van der Waals surface area contributed by atoms with Crippen LogP contribution in [0.1, 0.15) is 10.4 Å². The minimum absolute atomic E-state index is 0.0260. The van der Waals surface area contributed by atoms with Crippen LogP contribution >= 0.6 is 23.2 Å². The molecular formula is C13H9Cl2FN2O. The van der Waals surface area contributed by atoms with E-state index in [1.165, 1.54) is 12.1 Å². The topological polar surface area (TPSA) is 55.1 Å². The summed E-state index contributed by atoms with van der Waals surface area (Å²) in [6.07, 6.45) is 0. The number of hydrogen-bond donors (Lipinski definition) is 2. The zero-order valence-electron chi connectivity index (χ0n) is 9.58. The first kappa shape index (κ1) is 13.6. The molecule has 98 valence electrons. The van der Waals surface area contributed by atoms with Crippen LogP contribution in [0, 0.1) is 5.82 Å². The molecule has 0 radical (unpaired) electrons. The molecule has 0 bridgehead atoms. The van der Waals surface area contributed by atoms with Gasteiger partial charge >= 0.3 is 0 Å². The second-order valence-electron chi connectivity index (χ2n) is 3.81. The zero-order valence-corrected chi connectivity index (χ0v) is 11.1. The van der Waals surface area contributed by atoms with Gasteiger partial charge in [0.15, 0.2) is 0 Å². The Morgan fingerprint density at radius 1 is 1.16 bits per heavy atom. The second kappa shape index (κ2) is 5.47. The van der Waals surface area contributed by atoms with Crippen LogP contribution in [0.3, 0.4) is 0 Å². The average molecular weight is 299 g/mol. The first-order chi connectivity index (χ1) is 8.97. The third-order valence-electron chi connectivity index (χ3n) is 2.44. The van der Waals surface area contributed by atoms with Crippen molar-refractivity contribution >= 4 is 40.5 Å². The van der Waals surface area contributed by atoms with Crippen LogP contribution in [0.25, 0.3) is 0 Å². The zero-order chi connectivity index (χ0) is 14.0. The third-order valence-corrected chi connectivity index (χ3v) is 2.99. The van der Waals surface area contributed by atoms with Crippen molar-refractivity contribution in [3.63, 3.8) is 0 Å². The highest BCUT2D eigenvalue weighted by molar-refractivity contribution is 6.34. The van der Waals surface area contributed by atoms with Crippen molar-refractivity contribution in [1.29, 1.82) is 0 Å². The van der Waals surface area contributed by atoms with Gasteiger partial charge in [-0.15, -0.1) is 0 Å². The lowest BCUT2D eigenvalue weighted by Crippen LogP contribution is -2.13. The summed E-state index contributed by atoms with van der Waals surface area (Å²) in [5.74, 6) is -0.997. The molecule has 0 saturated carbocycles. The van der Waals surface area contributed by atoms with Gasteiger partial charge < -0.3 is 11.1 Å². The fraction of sp³-hybridized carbons (Fsp3) is 0. The fourth-order valence-electron chi connectivity index (χ4n) is 1.50. The molecule has 3 N–H and O–H groups in total. The van der Waals surface area contributed by atoms with E-state index in [1.807, 2.05) is 0 Å². The number of benzene rings is 2. The van der Waals surface area contributed by atoms with E-state index in [9.17, 15) is 9.18 Å². The van der Waals surface area contributed by atoms with E-state index in [-0.39, 0.29) is 10.6 Å². The van der Waals surface area contributed by atoms with Gasteiger partial charge in [-0.25, -0.2) is 4.39 Å². The third kappa shape index (κ3) is 3.16. The maximum atomic E-state index is 12.9. The smallest absolute Gasteiger partial charge is 0.257 e. The van der Waals surface area contributed by atoms with E-state index in [1.54, 1.807) is 12.1 Å². The summed E-state index contributed by atoms with van der Waals surface area (Å²) in [6.45, 7) is 0. The lowest BCUT2D eigenvalue weighted by atomic mass is 10.2. The van der Waals surface area contributed by atoms with Crippen LogP contribution in [0.5, 0.6) is 0 Å². The van der Waals surface area contributed by atoms with Crippen molar-refractivity contribution in [2.75, 3.05) is 11.1 Å². The van der Waals surface area contributed by atoms with E-state index in [4.69, 9.17) is 28.9 Å². The van der Waals surface area contributed by atoms with Crippen LogP contribution in [0.15, 0.2) is 36.4 Å². The standard InChI is InChI=1S/C13H9Cl2FN2O/c14-7-1-4-11(17)12(5-7)18-13(19)9-3-2-8(16)6-10(9)15/h1-6H,17H2,(H,18,19). The summed E-state index contributed by atoms with van der Waals surface area (Å²) in [6, 6.07) is 8.22. The maximum Gasteiger partial charge on any atom is 0.257 e. The normalized spacial score (nSPS) is 10.3. The van der Waals surface area contributed by atoms with Crippen molar-refractivity contribution in [3.05, 3.63) is 57.8 Å². The Balaban J connectivity index is 2.28. The highest BCUT2D eigenvalue weighted by atomic mass is 35.5. The molecule has 3 nitrogen and oxygen atoms in total. The van der Waals surface area contributed by atoms with E-state index in [2.05, 4.69) is 5.32 Å². The predicted octanol–water partition coefficient (Wildman–Crippen LogP) is 3.97. The van der Waals surface area contributed by atoms with Gasteiger partial charge in [0, 0.05) is 5.02 Å². The molecule has 0 heterocycles. The number of rotatable bonds is 2. The molecule has 0 fully saturated rings. The van der Waals surface area contributed by atoms with Crippen LogP contribution < -0.4 is 11.1 Å². The van der Waals surface area contributed by atoms with Crippen LogP contribution in [0.2, 0.25) is 10.0 Å². The Morgan fingerprint density at radius 2 is 1.89 bits per heavy atom. The van der Waals surface area contributed by atoms with E-state index < -0.39 is 11.7 Å². The first-order valence-corrected chi connectivity index (χ1v) is 6.04. The number of nitrogens with two attached hydrogens (primary N) is 1.